The van der Waals surface area contributed by atoms with Crippen LogP contribution in [0.15, 0.2) is 66.7 Å². The molecule has 0 aliphatic carbocycles. The van der Waals surface area contributed by atoms with Gasteiger partial charge in [-0.2, -0.15) is 0 Å². The van der Waals surface area contributed by atoms with Gasteiger partial charge in [0.05, 0.1) is 0 Å². The Bertz CT molecular complexity index is 1160. The second kappa shape index (κ2) is 9.46. The molecule has 0 bridgehead atoms. The Morgan fingerprint density at radius 2 is 1.12 bits per heavy atom. The molecule has 0 aromatic heterocycles. The van der Waals surface area contributed by atoms with E-state index in [-0.39, 0.29) is 16.6 Å². The maximum atomic E-state index is 11.9. The second-order valence-electron chi connectivity index (χ2n) is 11.0. The normalized spacial score (nSPS) is 12.6. The van der Waals surface area contributed by atoms with E-state index >= 15 is 0 Å². The highest BCUT2D eigenvalue weighted by Crippen LogP contribution is 2.48. The Morgan fingerprint density at radius 3 is 1.64 bits per heavy atom. The molecular weight excluding hydrogens is 431 g/mol. The van der Waals surface area contributed by atoms with Gasteiger partial charge < -0.3 is 4.52 Å². The lowest BCUT2D eigenvalue weighted by Gasteiger charge is -2.25. The van der Waals surface area contributed by atoms with Crippen molar-refractivity contribution in [3.8, 4) is 28.0 Å². The van der Waals surface area contributed by atoms with E-state index in [0.717, 1.165) is 35.1 Å². The molecule has 0 radical (unpaired) electrons. The standard InChI is InChI=1S/C28H35O4P/c1-27(2,3)18-20-12-7-9-14-22(20)24-16-11-17-25(32-33(29,30)31)26(24)23-15-10-8-13-21(23)19-28(4,5)6/h7-17H,18-19H2,1-6H3,(H2,29,30,31). The van der Waals surface area contributed by atoms with Crippen molar-refractivity contribution in [2.45, 2.75) is 54.4 Å². The molecule has 5 heteroatoms. The lowest BCUT2D eigenvalue weighted by Crippen LogP contribution is -2.11. The molecule has 0 saturated carbocycles. The van der Waals surface area contributed by atoms with Gasteiger partial charge in [0.25, 0.3) is 0 Å². The molecule has 3 aromatic carbocycles. The third-order valence-electron chi connectivity index (χ3n) is 5.28. The van der Waals surface area contributed by atoms with Gasteiger partial charge >= 0.3 is 7.82 Å². The van der Waals surface area contributed by atoms with Crippen LogP contribution < -0.4 is 4.52 Å². The van der Waals surface area contributed by atoms with Gasteiger partial charge in [0.2, 0.25) is 0 Å². The average molecular weight is 467 g/mol. The van der Waals surface area contributed by atoms with Gasteiger partial charge in [-0.05, 0) is 57.6 Å². The molecule has 4 nitrogen and oxygen atoms in total. The highest BCUT2D eigenvalue weighted by molar-refractivity contribution is 7.46. The molecule has 0 spiro atoms. The van der Waals surface area contributed by atoms with Crippen molar-refractivity contribution < 1.29 is 18.9 Å². The van der Waals surface area contributed by atoms with Gasteiger partial charge in [-0.3, -0.25) is 9.79 Å². The molecule has 33 heavy (non-hydrogen) atoms. The van der Waals surface area contributed by atoms with E-state index in [1.54, 1.807) is 12.1 Å². The third-order valence-corrected chi connectivity index (χ3v) is 5.71. The van der Waals surface area contributed by atoms with Crippen LogP contribution >= 0.6 is 7.82 Å². The van der Waals surface area contributed by atoms with Gasteiger partial charge in [0.15, 0.2) is 0 Å². The molecule has 0 amide bonds. The number of hydrogen-bond donors (Lipinski definition) is 2. The van der Waals surface area contributed by atoms with Gasteiger partial charge in [-0.15, -0.1) is 0 Å². The summed E-state index contributed by atoms with van der Waals surface area (Å²) in [6.45, 7) is 13.2. The predicted octanol–water partition coefficient (Wildman–Crippen LogP) is 7.67. The fourth-order valence-electron chi connectivity index (χ4n) is 4.24. The van der Waals surface area contributed by atoms with Crippen molar-refractivity contribution in [2.24, 2.45) is 10.8 Å². The summed E-state index contributed by atoms with van der Waals surface area (Å²) in [5, 5.41) is 0. The van der Waals surface area contributed by atoms with Crippen molar-refractivity contribution in [1.82, 2.24) is 0 Å². The second-order valence-corrected chi connectivity index (χ2v) is 12.2. The van der Waals surface area contributed by atoms with E-state index in [1.807, 2.05) is 36.4 Å². The molecular formula is C28H35O4P. The van der Waals surface area contributed by atoms with Gasteiger partial charge in [0.1, 0.15) is 5.75 Å². The van der Waals surface area contributed by atoms with Crippen LogP contribution in [-0.4, -0.2) is 9.79 Å². The fourth-order valence-corrected chi connectivity index (χ4v) is 4.64. The highest BCUT2D eigenvalue weighted by Gasteiger charge is 2.25. The Hall–Kier alpha value is -2.39. The van der Waals surface area contributed by atoms with Crippen LogP contribution in [0.5, 0.6) is 5.75 Å². The largest absolute Gasteiger partial charge is 0.524 e. The number of hydrogen-bond acceptors (Lipinski definition) is 2. The van der Waals surface area contributed by atoms with Gasteiger partial charge in [-0.1, -0.05) is 102 Å². The van der Waals surface area contributed by atoms with Crippen LogP contribution in [0, 0.1) is 10.8 Å². The van der Waals surface area contributed by atoms with Crippen molar-refractivity contribution >= 4 is 7.82 Å². The van der Waals surface area contributed by atoms with E-state index in [0.29, 0.717) is 5.56 Å². The monoisotopic (exact) mass is 466 g/mol. The molecule has 0 aliphatic heterocycles. The van der Waals surface area contributed by atoms with Gasteiger partial charge in [-0.25, -0.2) is 4.57 Å². The number of benzene rings is 3. The Labute approximate surface area is 197 Å². The minimum absolute atomic E-state index is 0.0411. The zero-order chi connectivity index (χ0) is 24.4. The zero-order valence-electron chi connectivity index (χ0n) is 20.4. The van der Waals surface area contributed by atoms with Gasteiger partial charge in [0, 0.05) is 5.56 Å². The summed E-state index contributed by atoms with van der Waals surface area (Å²) in [4.78, 5) is 19.3. The first-order valence-electron chi connectivity index (χ1n) is 11.3. The summed E-state index contributed by atoms with van der Waals surface area (Å²) in [6, 6.07) is 21.7. The minimum atomic E-state index is -4.75. The zero-order valence-corrected chi connectivity index (χ0v) is 21.3. The number of phosphoric acid groups is 1. The summed E-state index contributed by atoms with van der Waals surface area (Å²) in [6.07, 6.45) is 1.69. The van der Waals surface area contributed by atoms with Crippen molar-refractivity contribution in [2.75, 3.05) is 0 Å². The SMILES string of the molecule is CC(C)(C)Cc1ccccc1-c1cccc(OP(=O)(O)O)c1-c1ccccc1CC(C)(C)C. The summed E-state index contributed by atoms with van der Waals surface area (Å²) in [5.41, 5.74) is 6.01. The molecule has 3 aromatic rings. The fraction of sp³-hybridized carbons (Fsp3) is 0.357. The van der Waals surface area contributed by atoms with Crippen LogP contribution in [0.3, 0.4) is 0 Å². The maximum Gasteiger partial charge on any atom is 0.524 e. The quantitative estimate of drug-likeness (QED) is 0.366. The summed E-state index contributed by atoms with van der Waals surface area (Å²) < 4.78 is 17.1. The number of phosphoric ester groups is 1. The Balaban J connectivity index is 2.33. The topological polar surface area (TPSA) is 66.8 Å². The minimum Gasteiger partial charge on any atom is -0.404 e. The smallest absolute Gasteiger partial charge is 0.404 e. The van der Waals surface area contributed by atoms with Crippen LogP contribution in [-0.2, 0) is 17.4 Å². The molecule has 0 aliphatic rings. The predicted molar refractivity (Wildman–Crippen MR) is 136 cm³/mol. The lowest BCUT2D eigenvalue weighted by molar-refractivity contribution is 0.283. The molecule has 0 fully saturated rings. The van der Waals surface area contributed by atoms with E-state index in [9.17, 15) is 14.4 Å². The Kier molecular flexibility index (Phi) is 7.24. The molecule has 0 atom stereocenters. The molecule has 0 saturated heterocycles. The van der Waals surface area contributed by atoms with Crippen molar-refractivity contribution in [3.63, 3.8) is 0 Å². The van der Waals surface area contributed by atoms with Crippen molar-refractivity contribution in [1.29, 1.82) is 0 Å². The molecule has 176 valence electrons. The number of rotatable bonds is 6. The highest BCUT2D eigenvalue weighted by atomic mass is 31.2. The Morgan fingerprint density at radius 1 is 0.667 bits per heavy atom. The van der Waals surface area contributed by atoms with Crippen LogP contribution in [0.4, 0.5) is 0 Å². The molecule has 0 heterocycles. The van der Waals surface area contributed by atoms with Crippen LogP contribution in [0.2, 0.25) is 0 Å². The summed E-state index contributed by atoms with van der Waals surface area (Å²) >= 11 is 0. The van der Waals surface area contributed by atoms with Crippen molar-refractivity contribution in [3.05, 3.63) is 77.9 Å². The van der Waals surface area contributed by atoms with E-state index < -0.39 is 7.82 Å². The van der Waals surface area contributed by atoms with E-state index in [2.05, 4.69) is 59.7 Å². The molecule has 3 rings (SSSR count). The van der Waals surface area contributed by atoms with E-state index in [1.165, 1.54) is 5.56 Å². The van der Waals surface area contributed by atoms with E-state index in [4.69, 9.17) is 4.52 Å². The maximum absolute atomic E-state index is 11.9. The first kappa shape index (κ1) is 25.2. The lowest BCUT2D eigenvalue weighted by atomic mass is 9.81. The molecule has 2 N–H and O–H groups in total. The third kappa shape index (κ3) is 7.04. The van der Waals surface area contributed by atoms with Crippen LogP contribution in [0.25, 0.3) is 22.3 Å². The van der Waals surface area contributed by atoms with Crippen LogP contribution in [0.1, 0.15) is 52.7 Å². The summed E-state index contributed by atoms with van der Waals surface area (Å²) in [5.74, 6) is 0.188. The summed E-state index contributed by atoms with van der Waals surface area (Å²) in [7, 11) is -4.75. The molecule has 0 unspecified atom stereocenters. The average Bonchev–Trinajstić information content (AvgIpc) is 2.65. The first-order chi connectivity index (χ1) is 15.2. The first-order valence-corrected chi connectivity index (χ1v) is 12.8.